The number of carbonyl (C=O) groups excluding carboxylic acids is 5. The number of nitrogens with one attached hydrogen (secondary N) is 3. The lowest BCUT2D eigenvalue weighted by Crippen LogP contribution is -2.58. The van der Waals surface area contributed by atoms with E-state index in [0.29, 0.717) is 0 Å². The van der Waals surface area contributed by atoms with Crippen LogP contribution in [-0.4, -0.2) is 53.5 Å². The molecule has 0 saturated carbocycles. The molecular formula is C28H44N4O7. The van der Waals surface area contributed by atoms with E-state index in [1.54, 1.807) is 34.6 Å². The van der Waals surface area contributed by atoms with E-state index in [1.165, 1.54) is 0 Å². The zero-order valence-corrected chi connectivity index (χ0v) is 24.0. The van der Waals surface area contributed by atoms with Crippen LogP contribution in [0.3, 0.4) is 0 Å². The molecule has 39 heavy (non-hydrogen) atoms. The summed E-state index contributed by atoms with van der Waals surface area (Å²) in [5, 5.41) is 7.78. The van der Waals surface area contributed by atoms with Crippen molar-refractivity contribution in [3.63, 3.8) is 0 Å². The van der Waals surface area contributed by atoms with Gasteiger partial charge in [-0.05, 0) is 51.0 Å². The second-order valence-corrected chi connectivity index (χ2v) is 11.2. The third kappa shape index (κ3) is 13.6. The van der Waals surface area contributed by atoms with Crippen molar-refractivity contribution in [3.05, 3.63) is 35.9 Å². The minimum absolute atomic E-state index is 0.0114. The summed E-state index contributed by atoms with van der Waals surface area (Å²) < 4.78 is 10.5. The topological polar surface area (TPSA) is 166 Å². The molecule has 11 heteroatoms. The molecule has 0 aliphatic rings. The number of esters is 1. The summed E-state index contributed by atoms with van der Waals surface area (Å²) >= 11 is 0. The van der Waals surface area contributed by atoms with Gasteiger partial charge < -0.3 is 31.2 Å². The molecule has 1 aromatic rings. The molecule has 0 heterocycles. The van der Waals surface area contributed by atoms with E-state index in [1.807, 2.05) is 44.2 Å². The number of alkyl carbamates (subject to hydrolysis) is 1. The van der Waals surface area contributed by atoms with Gasteiger partial charge in [0.15, 0.2) is 0 Å². The van der Waals surface area contributed by atoms with Gasteiger partial charge >= 0.3 is 12.1 Å². The third-order valence-electron chi connectivity index (χ3n) is 5.50. The molecule has 0 unspecified atom stereocenters. The molecule has 1 rings (SSSR count). The van der Waals surface area contributed by atoms with Gasteiger partial charge in [0.2, 0.25) is 17.7 Å². The number of hydrogen-bond acceptors (Lipinski definition) is 7. The van der Waals surface area contributed by atoms with E-state index < -0.39 is 53.5 Å². The van der Waals surface area contributed by atoms with Gasteiger partial charge in [0.1, 0.15) is 30.3 Å². The first-order valence-electron chi connectivity index (χ1n) is 13.2. The number of benzene rings is 1. The number of nitrogens with two attached hydrogens (primary N) is 1. The Morgan fingerprint density at radius 3 is 1.97 bits per heavy atom. The minimum Gasteiger partial charge on any atom is -0.461 e. The predicted molar refractivity (Wildman–Crippen MR) is 146 cm³/mol. The lowest BCUT2D eigenvalue weighted by Gasteiger charge is -2.28. The minimum atomic E-state index is -1.14. The molecule has 0 radical (unpaired) electrons. The van der Waals surface area contributed by atoms with Crippen LogP contribution in [0.2, 0.25) is 0 Å². The van der Waals surface area contributed by atoms with Crippen LogP contribution in [0.4, 0.5) is 4.79 Å². The van der Waals surface area contributed by atoms with Gasteiger partial charge in [-0.25, -0.2) is 4.79 Å². The van der Waals surface area contributed by atoms with Crippen molar-refractivity contribution in [2.24, 2.45) is 17.6 Å². The van der Waals surface area contributed by atoms with Crippen molar-refractivity contribution in [2.45, 2.75) is 98.1 Å². The molecule has 0 saturated heterocycles. The average Bonchev–Trinajstić information content (AvgIpc) is 2.82. The Hall–Kier alpha value is -3.63. The van der Waals surface area contributed by atoms with Gasteiger partial charge in [-0.15, -0.1) is 0 Å². The molecule has 3 atom stereocenters. The van der Waals surface area contributed by atoms with Crippen molar-refractivity contribution in [2.75, 3.05) is 0 Å². The van der Waals surface area contributed by atoms with Crippen molar-refractivity contribution >= 4 is 29.8 Å². The fraction of sp³-hybridized carbons (Fsp3) is 0.607. The molecule has 218 valence electrons. The fourth-order valence-corrected chi connectivity index (χ4v) is 3.56. The van der Waals surface area contributed by atoms with Crippen LogP contribution in [0.15, 0.2) is 30.3 Å². The van der Waals surface area contributed by atoms with Crippen molar-refractivity contribution in [1.82, 2.24) is 16.0 Å². The first-order chi connectivity index (χ1) is 18.1. The van der Waals surface area contributed by atoms with Crippen LogP contribution in [0.5, 0.6) is 0 Å². The third-order valence-corrected chi connectivity index (χ3v) is 5.50. The van der Waals surface area contributed by atoms with Gasteiger partial charge in [0.25, 0.3) is 0 Å². The molecule has 0 aromatic heterocycles. The maximum Gasteiger partial charge on any atom is 0.408 e. The van der Waals surface area contributed by atoms with E-state index in [2.05, 4.69) is 16.0 Å². The van der Waals surface area contributed by atoms with Gasteiger partial charge in [0.05, 0.1) is 0 Å². The van der Waals surface area contributed by atoms with Crippen LogP contribution in [0.25, 0.3) is 0 Å². The Morgan fingerprint density at radius 2 is 1.46 bits per heavy atom. The molecule has 4 amide bonds. The highest BCUT2D eigenvalue weighted by Crippen LogP contribution is 2.12. The largest absolute Gasteiger partial charge is 0.461 e. The molecule has 0 fully saturated rings. The Balaban J connectivity index is 2.82. The Labute approximate surface area is 230 Å². The maximum atomic E-state index is 13.1. The number of amides is 4. The summed E-state index contributed by atoms with van der Waals surface area (Å²) in [6.07, 6.45) is -0.697. The van der Waals surface area contributed by atoms with E-state index >= 15 is 0 Å². The second-order valence-electron chi connectivity index (χ2n) is 11.2. The summed E-state index contributed by atoms with van der Waals surface area (Å²) in [5.41, 5.74) is 5.55. The maximum absolute atomic E-state index is 13.1. The zero-order chi connectivity index (χ0) is 29.8. The molecule has 0 bridgehead atoms. The van der Waals surface area contributed by atoms with E-state index in [4.69, 9.17) is 15.2 Å². The second kappa shape index (κ2) is 15.7. The molecule has 0 spiro atoms. The van der Waals surface area contributed by atoms with Gasteiger partial charge in [-0.1, -0.05) is 58.0 Å². The Morgan fingerprint density at radius 1 is 0.872 bits per heavy atom. The molecule has 11 nitrogen and oxygen atoms in total. The summed E-state index contributed by atoms with van der Waals surface area (Å²) in [4.78, 5) is 62.7. The van der Waals surface area contributed by atoms with E-state index in [-0.39, 0.29) is 37.7 Å². The molecule has 0 aliphatic heterocycles. The predicted octanol–water partition coefficient (Wildman–Crippen LogP) is 2.56. The first-order valence-corrected chi connectivity index (χ1v) is 13.2. The standard InChI is InChI=1S/C28H44N4O7/c1-17(2)15-21(31-26(36)23(18(3)4)32-27(37)39-28(5,6)7)25(35)30-20(24(29)34)13-14-22(33)38-16-19-11-9-8-10-12-19/h8-12,17-18,20-21,23H,13-16H2,1-7H3,(H2,29,34)(H,30,35)(H,31,36)(H,32,37)/t20-,21+,23+/m0/s1. The quantitative estimate of drug-likeness (QED) is 0.259. The van der Waals surface area contributed by atoms with Crippen LogP contribution < -0.4 is 21.7 Å². The normalized spacial score (nSPS) is 13.7. The summed E-state index contributed by atoms with van der Waals surface area (Å²) in [7, 11) is 0. The van der Waals surface area contributed by atoms with E-state index in [9.17, 15) is 24.0 Å². The summed E-state index contributed by atoms with van der Waals surface area (Å²) in [5.74, 6) is -2.85. The average molecular weight is 549 g/mol. The highest BCUT2D eigenvalue weighted by atomic mass is 16.6. The van der Waals surface area contributed by atoms with Crippen molar-refractivity contribution in [3.8, 4) is 0 Å². The Bertz CT molecular complexity index is 974. The van der Waals surface area contributed by atoms with Gasteiger partial charge in [-0.2, -0.15) is 0 Å². The lowest BCUT2D eigenvalue weighted by molar-refractivity contribution is -0.145. The van der Waals surface area contributed by atoms with Gasteiger partial charge in [-0.3, -0.25) is 19.2 Å². The zero-order valence-electron chi connectivity index (χ0n) is 24.0. The fourth-order valence-electron chi connectivity index (χ4n) is 3.56. The number of rotatable bonds is 14. The number of primary amides is 1. The SMILES string of the molecule is CC(C)C[C@@H](NC(=O)[C@H](NC(=O)OC(C)(C)C)C(C)C)C(=O)N[C@@H](CCC(=O)OCc1ccccc1)C(N)=O. The first kappa shape index (κ1) is 33.4. The summed E-state index contributed by atoms with van der Waals surface area (Å²) in [6.45, 7) is 12.5. The smallest absolute Gasteiger partial charge is 0.408 e. The lowest BCUT2D eigenvalue weighted by atomic mass is 9.99. The van der Waals surface area contributed by atoms with E-state index in [0.717, 1.165) is 5.56 Å². The highest BCUT2D eigenvalue weighted by molar-refractivity contribution is 5.93. The van der Waals surface area contributed by atoms with Crippen LogP contribution in [0.1, 0.15) is 73.3 Å². The monoisotopic (exact) mass is 548 g/mol. The van der Waals surface area contributed by atoms with Crippen LogP contribution >= 0.6 is 0 Å². The van der Waals surface area contributed by atoms with Crippen LogP contribution in [0, 0.1) is 11.8 Å². The molecule has 0 aliphatic carbocycles. The molecule has 5 N–H and O–H groups in total. The van der Waals surface area contributed by atoms with Crippen molar-refractivity contribution < 1.29 is 33.4 Å². The van der Waals surface area contributed by atoms with Gasteiger partial charge in [0, 0.05) is 6.42 Å². The van der Waals surface area contributed by atoms with Crippen LogP contribution in [-0.2, 0) is 35.3 Å². The summed E-state index contributed by atoms with van der Waals surface area (Å²) in [6, 6.07) is 6.01. The Kier molecular flexibility index (Phi) is 13.4. The number of carbonyl (C=O) groups is 5. The number of ether oxygens (including phenoxy) is 2. The van der Waals surface area contributed by atoms with Crippen molar-refractivity contribution in [1.29, 1.82) is 0 Å². The molecule has 1 aromatic carbocycles. The highest BCUT2D eigenvalue weighted by Gasteiger charge is 2.32. The number of hydrogen-bond donors (Lipinski definition) is 4. The molecular weight excluding hydrogens is 504 g/mol.